The minimum Gasteiger partial charge on any atom is -0.460 e. The van der Waals surface area contributed by atoms with Crippen LogP contribution in [0, 0.1) is 83.1 Å². The molecule has 0 aliphatic rings. The molecule has 0 bridgehead atoms. The van der Waals surface area contributed by atoms with Gasteiger partial charge in [0, 0.05) is 40.8 Å². The first-order valence-corrected chi connectivity index (χ1v) is 37.5. The Morgan fingerprint density at radius 3 is 1.28 bits per heavy atom. The quantitative estimate of drug-likeness (QED) is 0.141. The van der Waals surface area contributed by atoms with Gasteiger partial charge in [0.15, 0.2) is 0 Å². The van der Waals surface area contributed by atoms with Crippen LogP contribution in [0.4, 0.5) is 0 Å². The maximum atomic E-state index is 5.99. The van der Waals surface area contributed by atoms with Crippen molar-refractivity contribution in [3.8, 4) is 0 Å². The van der Waals surface area contributed by atoms with E-state index >= 15 is 0 Å². The predicted molar refractivity (Wildman–Crippen MR) is 407 cm³/mol. The second kappa shape index (κ2) is 27.4. The molecule has 12 rings (SSSR count). The van der Waals surface area contributed by atoms with Gasteiger partial charge in [-0.3, -0.25) is 0 Å². The van der Waals surface area contributed by atoms with Crippen molar-refractivity contribution in [1.29, 1.82) is 0 Å². The second-order valence-electron chi connectivity index (χ2n) is 31.7. The van der Waals surface area contributed by atoms with Gasteiger partial charge in [-0.2, -0.15) is 0 Å². The van der Waals surface area contributed by atoms with Crippen LogP contribution >= 0.6 is 22.7 Å². The molecule has 0 aliphatic heterocycles. The Morgan fingerprint density at radius 1 is 0.322 bits per heavy atom. The third-order valence-corrected chi connectivity index (χ3v) is 27.8. The molecule has 0 aliphatic carbocycles. The summed E-state index contributed by atoms with van der Waals surface area (Å²) < 4.78 is 21.3. The smallest absolute Gasteiger partial charge is 0.134 e. The molecule has 0 unspecified atom stereocenters. The SMILES string of the molecule is Cc1c(C(C)(C)C)[se]c2c(C)cccc12.Cc1c(C(C)(C)C)oc2c(C)cccc12.Cc1c(C(C)(C)C)sc2c(C)cccc12.Cc1ccc2c(C)c(C(C)(C)C)[se]c2c1.Cc1ccc2c(C)c(C(C)(C)C)oc2c1.Cc1ccc2c(C)c(C(C)(C)C)sc2c1. The molecular weight excluding hydrogens is 1260 g/mol. The van der Waals surface area contributed by atoms with E-state index in [0.29, 0.717) is 39.8 Å². The fourth-order valence-electron chi connectivity index (χ4n) is 12.4. The van der Waals surface area contributed by atoms with Crippen LogP contribution < -0.4 is 0 Å². The van der Waals surface area contributed by atoms with E-state index in [1.165, 1.54) is 118 Å². The van der Waals surface area contributed by atoms with Crippen molar-refractivity contribution in [3.63, 3.8) is 0 Å². The number of para-hydroxylation sites is 1. The minimum atomic E-state index is 0.0789. The Labute approximate surface area is 563 Å². The Kier molecular flexibility index (Phi) is 22.0. The van der Waals surface area contributed by atoms with Gasteiger partial charge in [-0.05, 0) is 134 Å². The molecule has 0 radical (unpaired) electrons. The number of furan rings is 2. The zero-order valence-corrected chi connectivity index (χ0v) is 65.9. The Balaban J connectivity index is 0.000000154. The van der Waals surface area contributed by atoms with Gasteiger partial charge in [-0.1, -0.05) is 144 Å². The van der Waals surface area contributed by atoms with Crippen molar-refractivity contribution in [2.75, 3.05) is 0 Å². The topological polar surface area (TPSA) is 26.3 Å². The van der Waals surface area contributed by atoms with Crippen LogP contribution in [0.2, 0.25) is 0 Å². The average Bonchev–Trinajstić information content (AvgIpc) is 1.79. The molecule has 0 spiro atoms. The number of thiophene rings is 2. The second-order valence-corrected chi connectivity index (χ2v) is 38.1. The number of fused-ring (bicyclic) bond motifs is 6. The van der Waals surface area contributed by atoms with Crippen LogP contribution in [-0.4, -0.2) is 29.0 Å². The summed E-state index contributed by atoms with van der Waals surface area (Å²) in [6.45, 7) is 67.1. The molecular formula is C84H108O2S2Se2. The van der Waals surface area contributed by atoms with Crippen LogP contribution in [0.3, 0.4) is 0 Å². The largest absolute Gasteiger partial charge is 0.460 e. The number of benzene rings is 6. The van der Waals surface area contributed by atoms with Crippen molar-refractivity contribution in [2.45, 2.75) is 240 Å². The maximum absolute atomic E-state index is 5.99. The molecule has 0 amide bonds. The van der Waals surface area contributed by atoms with Crippen LogP contribution in [0.1, 0.15) is 222 Å². The van der Waals surface area contributed by atoms with Crippen molar-refractivity contribution >= 4 is 113 Å². The molecule has 0 saturated heterocycles. The normalized spacial score (nSPS) is 12.3. The average molecular weight is 1370 g/mol. The van der Waals surface area contributed by atoms with E-state index in [1.54, 1.807) is 17.4 Å². The fraction of sp³-hybridized carbons (Fsp3) is 0.429. The van der Waals surface area contributed by atoms with E-state index in [2.05, 4.69) is 317 Å². The molecule has 480 valence electrons. The maximum Gasteiger partial charge on any atom is 0.134 e. The van der Waals surface area contributed by atoms with Gasteiger partial charge in [-0.15, -0.1) is 22.7 Å². The third kappa shape index (κ3) is 16.4. The molecule has 0 atom stereocenters. The summed E-state index contributed by atoms with van der Waals surface area (Å²) in [4.78, 5) is 3.04. The molecule has 6 heteroatoms. The summed E-state index contributed by atoms with van der Waals surface area (Å²) in [5, 5.41) is 8.34. The number of hydrogen-bond donors (Lipinski definition) is 0. The van der Waals surface area contributed by atoms with E-state index in [0.717, 1.165) is 22.7 Å². The minimum absolute atomic E-state index is 0.0789. The van der Waals surface area contributed by atoms with Gasteiger partial charge in [0.25, 0.3) is 0 Å². The summed E-state index contributed by atoms with van der Waals surface area (Å²) >= 11 is 4.99. The summed E-state index contributed by atoms with van der Waals surface area (Å²) in [6.07, 6.45) is 0. The molecule has 0 fully saturated rings. The van der Waals surface area contributed by atoms with E-state index in [-0.39, 0.29) is 21.7 Å². The summed E-state index contributed by atoms with van der Waals surface area (Å²) in [6, 6.07) is 39.6. The molecule has 0 saturated carbocycles. The molecule has 6 aromatic heterocycles. The van der Waals surface area contributed by atoms with Gasteiger partial charge >= 0.3 is 196 Å². The standard InChI is InChI=1S/2C14H18O.2C14H18S.2C14H18Se/c1-9-6-7-11-10(2)13(14(3,4)5)15-12(11)8-9;1-9-7-6-8-11-10(2)13(14(3,4)5)15-12(9)11;1-9-6-7-11-10(2)13(14(3,4)5)15-12(11)8-9;1-9-7-6-8-11-10(2)13(14(3,4)5)15-12(9)11;1-9-6-7-11-10(2)13(14(3,4)5)15-12(11)8-9;1-9-7-6-8-11-10(2)13(14(3,4)5)15-12(9)11/h6*6-8H,1-5H3. The van der Waals surface area contributed by atoms with Gasteiger partial charge in [-0.25, -0.2) is 0 Å². The summed E-state index contributed by atoms with van der Waals surface area (Å²) in [5.41, 5.74) is 20.0. The summed E-state index contributed by atoms with van der Waals surface area (Å²) in [5.74, 6) is 2.20. The molecule has 6 heterocycles. The monoisotopic (exact) mass is 1370 g/mol. The number of hydrogen-bond acceptors (Lipinski definition) is 4. The molecule has 6 aromatic carbocycles. The molecule has 90 heavy (non-hydrogen) atoms. The Hall–Kier alpha value is -5.16. The van der Waals surface area contributed by atoms with Crippen LogP contribution in [0.25, 0.3) is 61.4 Å². The van der Waals surface area contributed by atoms with Crippen molar-refractivity contribution in [1.82, 2.24) is 0 Å². The Bertz CT molecular complexity index is 4030. The molecule has 12 aromatic rings. The van der Waals surface area contributed by atoms with Crippen LogP contribution in [-0.2, 0) is 32.5 Å². The molecule has 2 nitrogen and oxygen atoms in total. The Morgan fingerprint density at radius 2 is 0.756 bits per heavy atom. The number of rotatable bonds is 0. The summed E-state index contributed by atoms with van der Waals surface area (Å²) in [7, 11) is 0. The number of aryl methyl sites for hydroxylation is 12. The zero-order chi connectivity index (χ0) is 67.3. The fourth-order valence-corrected chi connectivity index (χ4v) is 20.8. The van der Waals surface area contributed by atoms with E-state index in [1.807, 2.05) is 22.7 Å². The van der Waals surface area contributed by atoms with Crippen LogP contribution in [0.15, 0.2) is 118 Å². The van der Waals surface area contributed by atoms with Crippen molar-refractivity contribution in [3.05, 3.63) is 206 Å². The molecule has 0 N–H and O–H groups in total. The predicted octanol–water partition coefficient (Wildman–Crippen LogP) is 25.9. The third-order valence-electron chi connectivity index (χ3n) is 16.9. The first kappa shape index (κ1) is 72.3. The van der Waals surface area contributed by atoms with Gasteiger partial charge in [0.2, 0.25) is 0 Å². The van der Waals surface area contributed by atoms with Gasteiger partial charge in [0.05, 0.1) is 0 Å². The van der Waals surface area contributed by atoms with Crippen LogP contribution in [0.5, 0.6) is 0 Å². The van der Waals surface area contributed by atoms with Gasteiger partial charge < -0.3 is 8.83 Å². The van der Waals surface area contributed by atoms with E-state index in [9.17, 15) is 0 Å². The first-order chi connectivity index (χ1) is 41.4. The van der Waals surface area contributed by atoms with Gasteiger partial charge in [0.1, 0.15) is 22.7 Å². The first-order valence-electron chi connectivity index (χ1n) is 32.4. The van der Waals surface area contributed by atoms with Crippen molar-refractivity contribution in [2.24, 2.45) is 0 Å². The van der Waals surface area contributed by atoms with E-state index < -0.39 is 0 Å². The van der Waals surface area contributed by atoms with E-state index in [4.69, 9.17) is 8.83 Å². The zero-order valence-electron chi connectivity index (χ0n) is 60.8. The van der Waals surface area contributed by atoms with Crippen molar-refractivity contribution < 1.29 is 8.83 Å².